The Kier molecular flexibility index (Phi) is 4.62. The van der Waals surface area contributed by atoms with E-state index in [0.29, 0.717) is 0 Å². The lowest BCUT2D eigenvalue weighted by atomic mass is 10.2. The molecule has 1 rings (SSSR count). The number of likely N-dealkylation sites (tertiary alicyclic amines) is 1. The molecular formula is C8H18FN. The third-order valence-electron chi connectivity index (χ3n) is 2.57. The molecule has 1 aliphatic heterocycles. The standard InChI is InChI=1S/C8H17N.FH/c1-3-8-6-5-7-9(8)4-2;/h8H,3-7H2,1-2H3;1H. The van der Waals surface area contributed by atoms with Crippen molar-refractivity contribution in [2.24, 2.45) is 0 Å². The number of halogens is 1. The third-order valence-corrected chi connectivity index (χ3v) is 2.57. The molecule has 1 aliphatic rings. The van der Waals surface area contributed by atoms with Crippen LogP contribution in [0.3, 0.4) is 0 Å². The average molecular weight is 147 g/mol. The highest BCUT2D eigenvalue weighted by Crippen LogP contribution is 2.02. The minimum atomic E-state index is 0. The fourth-order valence-electron chi connectivity index (χ4n) is 1.94. The lowest BCUT2D eigenvalue weighted by molar-refractivity contribution is -0.910. The van der Waals surface area contributed by atoms with E-state index in [9.17, 15) is 0 Å². The monoisotopic (exact) mass is 147 g/mol. The Labute approximate surface area is 62.8 Å². The Hall–Kier alpha value is -0.110. The molecule has 0 bridgehead atoms. The molecule has 0 spiro atoms. The van der Waals surface area contributed by atoms with Crippen LogP contribution in [-0.4, -0.2) is 19.1 Å². The molecule has 1 N–H and O–H groups in total. The van der Waals surface area contributed by atoms with E-state index in [1.165, 1.54) is 32.4 Å². The van der Waals surface area contributed by atoms with Crippen LogP contribution < -0.4 is 9.60 Å². The number of hydrogen-bond donors (Lipinski definition) is 1. The quantitative estimate of drug-likeness (QED) is 0.439. The predicted octanol–water partition coefficient (Wildman–Crippen LogP) is -2.53. The average Bonchev–Trinajstić information content (AvgIpc) is 2.33. The van der Waals surface area contributed by atoms with Crippen molar-refractivity contribution in [2.75, 3.05) is 13.1 Å². The molecule has 2 atom stereocenters. The van der Waals surface area contributed by atoms with Crippen molar-refractivity contribution < 1.29 is 9.60 Å². The van der Waals surface area contributed by atoms with Gasteiger partial charge in [0, 0.05) is 12.8 Å². The largest absolute Gasteiger partial charge is 1.00 e. The number of quaternary nitrogens is 1. The molecule has 2 unspecified atom stereocenters. The van der Waals surface area contributed by atoms with Crippen LogP contribution in [0.25, 0.3) is 0 Å². The summed E-state index contributed by atoms with van der Waals surface area (Å²) in [7, 11) is 0. The van der Waals surface area contributed by atoms with Gasteiger partial charge in [-0.2, -0.15) is 0 Å². The van der Waals surface area contributed by atoms with Gasteiger partial charge >= 0.3 is 0 Å². The van der Waals surface area contributed by atoms with Crippen molar-refractivity contribution in [2.45, 2.75) is 39.2 Å². The third kappa shape index (κ3) is 1.94. The molecule has 0 aromatic carbocycles. The van der Waals surface area contributed by atoms with Crippen LogP contribution in [0, 0.1) is 0 Å². The van der Waals surface area contributed by atoms with E-state index in [1.54, 1.807) is 0 Å². The fraction of sp³-hybridized carbons (Fsp3) is 1.00. The summed E-state index contributed by atoms with van der Waals surface area (Å²) in [6.45, 7) is 7.36. The van der Waals surface area contributed by atoms with Crippen molar-refractivity contribution in [3.8, 4) is 0 Å². The van der Waals surface area contributed by atoms with Gasteiger partial charge in [0.2, 0.25) is 0 Å². The number of hydrogen-bond acceptors (Lipinski definition) is 0. The fourth-order valence-corrected chi connectivity index (χ4v) is 1.94. The predicted molar refractivity (Wildman–Crippen MR) is 39.7 cm³/mol. The second kappa shape index (κ2) is 4.67. The molecule has 0 aliphatic carbocycles. The SMILES string of the molecule is CCC1CCC[NH+]1CC.[F-]. The van der Waals surface area contributed by atoms with Crippen LogP contribution in [-0.2, 0) is 0 Å². The maximum Gasteiger partial charge on any atom is 0.0874 e. The first-order valence-electron chi connectivity index (χ1n) is 4.23. The van der Waals surface area contributed by atoms with Crippen molar-refractivity contribution in [3.63, 3.8) is 0 Å². The molecule has 0 amide bonds. The summed E-state index contributed by atoms with van der Waals surface area (Å²) in [6, 6.07) is 0.995. The maximum atomic E-state index is 2.31. The van der Waals surface area contributed by atoms with E-state index < -0.39 is 0 Å². The maximum absolute atomic E-state index is 2.31. The summed E-state index contributed by atoms with van der Waals surface area (Å²) in [6.07, 6.45) is 4.31. The first-order valence-corrected chi connectivity index (χ1v) is 4.23. The number of rotatable bonds is 2. The van der Waals surface area contributed by atoms with Gasteiger partial charge in [0.1, 0.15) is 0 Å². The highest BCUT2D eigenvalue weighted by Gasteiger charge is 2.24. The molecule has 0 aromatic heterocycles. The minimum Gasteiger partial charge on any atom is -1.00 e. The van der Waals surface area contributed by atoms with Crippen molar-refractivity contribution in [1.29, 1.82) is 0 Å². The topological polar surface area (TPSA) is 4.44 Å². The summed E-state index contributed by atoms with van der Waals surface area (Å²) < 4.78 is 0. The van der Waals surface area contributed by atoms with Gasteiger partial charge in [-0.05, 0) is 13.3 Å². The highest BCUT2D eigenvalue weighted by atomic mass is 19.0. The summed E-state index contributed by atoms with van der Waals surface area (Å²) in [5.74, 6) is 0. The van der Waals surface area contributed by atoms with Crippen LogP contribution in [0.2, 0.25) is 0 Å². The minimum absolute atomic E-state index is 0. The van der Waals surface area contributed by atoms with E-state index >= 15 is 0 Å². The zero-order chi connectivity index (χ0) is 6.69. The molecule has 0 aromatic rings. The van der Waals surface area contributed by atoms with Crippen LogP contribution >= 0.6 is 0 Å². The van der Waals surface area contributed by atoms with E-state index in [4.69, 9.17) is 0 Å². The number of nitrogens with one attached hydrogen (secondary N) is 1. The van der Waals surface area contributed by atoms with Gasteiger partial charge in [0.05, 0.1) is 19.1 Å². The van der Waals surface area contributed by atoms with Gasteiger partial charge < -0.3 is 9.60 Å². The van der Waals surface area contributed by atoms with Crippen LogP contribution in [0.4, 0.5) is 0 Å². The zero-order valence-electron chi connectivity index (χ0n) is 6.99. The van der Waals surface area contributed by atoms with Crippen molar-refractivity contribution >= 4 is 0 Å². The van der Waals surface area contributed by atoms with Gasteiger partial charge in [-0.3, -0.25) is 0 Å². The lowest BCUT2D eigenvalue weighted by Gasteiger charge is -2.17. The Morgan fingerprint density at radius 1 is 1.40 bits per heavy atom. The van der Waals surface area contributed by atoms with Crippen molar-refractivity contribution in [3.05, 3.63) is 0 Å². The van der Waals surface area contributed by atoms with Crippen LogP contribution in [0.5, 0.6) is 0 Å². The molecule has 0 radical (unpaired) electrons. The van der Waals surface area contributed by atoms with E-state index in [2.05, 4.69) is 13.8 Å². The van der Waals surface area contributed by atoms with Gasteiger partial charge in [0.15, 0.2) is 0 Å². The van der Waals surface area contributed by atoms with Crippen molar-refractivity contribution in [1.82, 2.24) is 0 Å². The molecule has 62 valence electrons. The summed E-state index contributed by atoms with van der Waals surface area (Å²) in [4.78, 5) is 1.83. The molecule has 1 saturated heterocycles. The Bertz CT molecular complexity index is 75.3. The second-order valence-corrected chi connectivity index (χ2v) is 3.01. The molecule has 2 heteroatoms. The van der Waals surface area contributed by atoms with Gasteiger partial charge in [0.25, 0.3) is 0 Å². The van der Waals surface area contributed by atoms with Crippen LogP contribution in [0.15, 0.2) is 0 Å². The lowest BCUT2D eigenvalue weighted by Crippen LogP contribution is -3.13. The molecule has 0 saturated carbocycles. The zero-order valence-corrected chi connectivity index (χ0v) is 6.99. The smallest absolute Gasteiger partial charge is 0.0874 e. The Balaban J connectivity index is 0.000000810. The Morgan fingerprint density at radius 3 is 2.50 bits per heavy atom. The highest BCUT2D eigenvalue weighted by molar-refractivity contribution is 4.58. The van der Waals surface area contributed by atoms with Crippen LogP contribution in [0.1, 0.15) is 33.1 Å². The first kappa shape index (κ1) is 9.89. The molecular weight excluding hydrogens is 129 g/mol. The van der Waals surface area contributed by atoms with E-state index in [-0.39, 0.29) is 4.70 Å². The second-order valence-electron chi connectivity index (χ2n) is 3.01. The van der Waals surface area contributed by atoms with Gasteiger partial charge in [-0.1, -0.05) is 6.92 Å². The van der Waals surface area contributed by atoms with E-state index in [0.717, 1.165) is 6.04 Å². The van der Waals surface area contributed by atoms with Gasteiger partial charge in [-0.25, -0.2) is 0 Å². The van der Waals surface area contributed by atoms with E-state index in [1.807, 2.05) is 4.90 Å². The van der Waals surface area contributed by atoms with Gasteiger partial charge in [-0.15, -0.1) is 0 Å². The Morgan fingerprint density at radius 2 is 2.10 bits per heavy atom. The molecule has 1 heterocycles. The summed E-state index contributed by atoms with van der Waals surface area (Å²) >= 11 is 0. The normalized spacial score (nSPS) is 31.8. The molecule has 10 heavy (non-hydrogen) atoms. The summed E-state index contributed by atoms with van der Waals surface area (Å²) in [5.41, 5.74) is 0. The first-order chi connectivity index (χ1) is 4.38. The summed E-state index contributed by atoms with van der Waals surface area (Å²) in [5, 5.41) is 0. The molecule has 1 nitrogen and oxygen atoms in total. The molecule has 1 fully saturated rings.